The van der Waals surface area contributed by atoms with Crippen LogP contribution in [0.25, 0.3) is 0 Å². The van der Waals surface area contributed by atoms with E-state index in [4.69, 9.17) is 5.26 Å². The number of Topliss-reactive ketones (excluding diaryl/α,β-unsaturated/α-hetero) is 1. The molecular weight excluding hydrogens is 207 g/mol. The number of halogens is 3. The fourth-order valence-corrected chi connectivity index (χ4v) is 1.16. The Bertz CT molecular complexity index is 449. The van der Waals surface area contributed by atoms with Crippen LogP contribution in [0.4, 0.5) is 13.2 Å². The summed E-state index contributed by atoms with van der Waals surface area (Å²) in [6.45, 7) is 1.06. The van der Waals surface area contributed by atoms with Crippen molar-refractivity contribution in [3.05, 3.63) is 34.6 Å². The molecule has 0 unspecified atom stereocenters. The number of benzene rings is 1. The Morgan fingerprint density at radius 1 is 1.47 bits per heavy atom. The summed E-state index contributed by atoms with van der Waals surface area (Å²) in [5, 5.41) is 8.43. The maximum atomic E-state index is 13.0. The standard InChI is InChI=1S/C10H6F3NO/c1-5(15)7-3-9(11)6(4-14)2-8(7)10(12)13/h2-3,10H,1H3. The van der Waals surface area contributed by atoms with Gasteiger partial charge in [-0.3, -0.25) is 4.79 Å². The van der Waals surface area contributed by atoms with E-state index in [0.717, 1.165) is 6.92 Å². The van der Waals surface area contributed by atoms with Gasteiger partial charge in [0.05, 0.1) is 5.56 Å². The summed E-state index contributed by atoms with van der Waals surface area (Å²) in [5.41, 5.74) is -1.49. The van der Waals surface area contributed by atoms with Crippen molar-refractivity contribution in [1.29, 1.82) is 5.26 Å². The van der Waals surface area contributed by atoms with Gasteiger partial charge in [0, 0.05) is 11.1 Å². The molecule has 0 aromatic heterocycles. The lowest BCUT2D eigenvalue weighted by atomic mass is 10.0. The molecule has 0 atom stereocenters. The first-order chi connectivity index (χ1) is 6.97. The Kier molecular flexibility index (Phi) is 3.10. The highest BCUT2D eigenvalue weighted by atomic mass is 19.3. The molecule has 78 valence electrons. The van der Waals surface area contributed by atoms with Crippen LogP contribution in [0.3, 0.4) is 0 Å². The number of carbonyl (C=O) groups is 1. The molecular formula is C10H6F3NO. The Balaban J connectivity index is 3.47. The summed E-state index contributed by atoms with van der Waals surface area (Å²) in [7, 11) is 0. The molecule has 0 spiro atoms. The molecule has 0 amide bonds. The van der Waals surface area contributed by atoms with Crippen molar-refractivity contribution in [1.82, 2.24) is 0 Å². The largest absolute Gasteiger partial charge is 0.294 e. The number of nitrogens with zero attached hydrogens (tertiary/aromatic N) is 1. The van der Waals surface area contributed by atoms with Crippen molar-refractivity contribution < 1.29 is 18.0 Å². The zero-order valence-corrected chi connectivity index (χ0v) is 7.72. The fourth-order valence-electron chi connectivity index (χ4n) is 1.16. The summed E-state index contributed by atoms with van der Waals surface area (Å²) < 4.78 is 37.9. The predicted octanol–water partition coefficient (Wildman–Crippen LogP) is 2.84. The van der Waals surface area contributed by atoms with Crippen molar-refractivity contribution in [2.24, 2.45) is 0 Å². The van der Waals surface area contributed by atoms with Crippen LogP contribution < -0.4 is 0 Å². The second-order valence-electron chi connectivity index (χ2n) is 2.89. The molecule has 0 saturated carbocycles. The number of ketones is 1. The van der Waals surface area contributed by atoms with Crippen molar-refractivity contribution >= 4 is 5.78 Å². The van der Waals surface area contributed by atoms with Crippen LogP contribution in [0.15, 0.2) is 12.1 Å². The van der Waals surface area contributed by atoms with Gasteiger partial charge >= 0.3 is 0 Å². The van der Waals surface area contributed by atoms with Gasteiger partial charge in [0.25, 0.3) is 6.43 Å². The van der Waals surface area contributed by atoms with Crippen LogP contribution in [0, 0.1) is 17.1 Å². The van der Waals surface area contributed by atoms with Crippen molar-refractivity contribution in [2.45, 2.75) is 13.3 Å². The van der Waals surface area contributed by atoms with Gasteiger partial charge in [0.15, 0.2) is 5.78 Å². The third-order valence-electron chi connectivity index (χ3n) is 1.87. The van der Waals surface area contributed by atoms with Gasteiger partial charge in [0.1, 0.15) is 11.9 Å². The Morgan fingerprint density at radius 3 is 2.47 bits per heavy atom. The van der Waals surface area contributed by atoms with Crippen LogP contribution in [0.1, 0.15) is 34.8 Å². The van der Waals surface area contributed by atoms with Gasteiger partial charge in [-0.15, -0.1) is 0 Å². The number of hydrogen-bond acceptors (Lipinski definition) is 2. The quantitative estimate of drug-likeness (QED) is 0.708. The number of nitriles is 1. The number of alkyl halides is 2. The molecule has 0 fully saturated rings. The van der Waals surface area contributed by atoms with E-state index in [0.29, 0.717) is 12.1 Å². The predicted molar refractivity (Wildman–Crippen MR) is 46.1 cm³/mol. The third-order valence-corrected chi connectivity index (χ3v) is 1.87. The fraction of sp³-hybridized carbons (Fsp3) is 0.200. The van der Waals surface area contributed by atoms with Gasteiger partial charge in [-0.25, -0.2) is 13.2 Å². The molecule has 0 aliphatic rings. The molecule has 1 aromatic carbocycles. The third kappa shape index (κ3) is 2.15. The van der Waals surface area contributed by atoms with Crippen LogP contribution >= 0.6 is 0 Å². The Hall–Kier alpha value is -1.83. The van der Waals surface area contributed by atoms with Crippen LogP contribution in [-0.4, -0.2) is 5.78 Å². The zero-order chi connectivity index (χ0) is 11.6. The molecule has 15 heavy (non-hydrogen) atoms. The van der Waals surface area contributed by atoms with Crippen LogP contribution in [0.5, 0.6) is 0 Å². The summed E-state index contributed by atoms with van der Waals surface area (Å²) in [5.74, 6) is -1.62. The smallest absolute Gasteiger partial charge is 0.264 e. The molecule has 0 bridgehead atoms. The van der Waals surface area contributed by atoms with E-state index in [9.17, 15) is 18.0 Å². The molecule has 2 nitrogen and oxygen atoms in total. The molecule has 0 saturated heterocycles. The first-order valence-corrected chi connectivity index (χ1v) is 4.00. The molecule has 0 heterocycles. The minimum absolute atomic E-state index is 0.387. The second-order valence-corrected chi connectivity index (χ2v) is 2.89. The van der Waals surface area contributed by atoms with Crippen LogP contribution in [0.2, 0.25) is 0 Å². The summed E-state index contributed by atoms with van der Waals surface area (Å²) in [4.78, 5) is 10.9. The minimum atomic E-state index is -2.91. The lowest BCUT2D eigenvalue weighted by molar-refractivity contribution is 0.0998. The number of carbonyl (C=O) groups excluding carboxylic acids is 1. The van der Waals surface area contributed by atoms with Crippen molar-refractivity contribution in [3.8, 4) is 6.07 Å². The van der Waals surface area contributed by atoms with E-state index in [1.807, 2.05) is 0 Å². The molecule has 0 radical (unpaired) electrons. The maximum absolute atomic E-state index is 13.0. The van der Waals surface area contributed by atoms with Crippen molar-refractivity contribution in [3.63, 3.8) is 0 Å². The highest BCUT2D eigenvalue weighted by Crippen LogP contribution is 2.26. The lowest BCUT2D eigenvalue weighted by Gasteiger charge is -2.06. The SMILES string of the molecule is CC(=O)c1cc(F)c(C#N)cc1C(F)F. The molecule has 1 rings (SSSR count). The average molecular weight is 213 g/mol. The zero-order valence-electron chi connectivity index (χ0n) is 7.72. The van der Waals surface area contributed by atoms with E-state index in [-0.39, 0.29) is 5.56 Å². The van der Waals surface area contributed by atoms with E-state index < -0.39 is 29.2 Å². The molecule has 0 aliphatic carbocycles. The highest BCUT2D eigenvalue weighted by Gasteiger charge is 2.19. The first-order valence-electron chi connectivity index (χ1n) is 4.00. The number of rotatable bonds is 2. The van der Waals surface area contributed by atoms with Gasteiger partial charge < -0.3 is 0 Å². The average Bonchev–Trinajstić information content (AvgIpc) is 2.16. The van der Waals surface area contributed by atoms with Crippen molar-refractivity contribution in [2.75, 3.05) is 0 Å². The molecule has 0 aliphatic heterocycles. The topological polar surface area (TPSA) is 40.9 Å². The van der Waals surface area contributed by atoms with Crippen LogP contribution in [-0.2, 0) is 0 Å². The Labute approximate surface area is 83.9 Å². The Morgan fingerprint density at radius 2 is 2.07 bits per heavy atom. The monoisotopic (exact) mass is 213 g/mol. The molecule has 1 aromatic rings. The molecule has 0 N–H and O–H groups in total. The van der Waals surface area contributed by atoms with Gasteiger partial charge in [-0.1, -0.05) is 0 Å². The second kappa shape index (κ2) is 4.13. The van der Waals surface area contributed by atoms with E-state index in [1.165, 1.54) is 6.07 Å². The molecule has 5 heteroatoms. The minimum Gasteiger partial charge on any atom is -0.294 e. The lowest BCUT2D eigenvalue weighted by Crippen LogP contribution is -2.03. The summed E-state index contributed by atoms with van der Waals surface area (Å²) in [6, 6.07) is 2.81. The van der Waals surface area contributed by atoms with Gasteiger partial charge in [0.2, 0.25) is 0 Å². The van der Waals surface area contributed by atoms with E-state index in [1.54, 1.807) is 0 Å². The highest BCUT2D eigenvalue weighted by molar-refractivity contribution is 5.95. The first kappa shape index (κ1) is 11.2. The normalized spacial score (nSPS) is 10.1. The number of hydrogen-bond donors (Lipinski definition) is 0. The van der Waals surface area contributed by atoms with Gasteiger partial charge in [-0.05, 0) is 19.1 Å². The maximum Gasteiger partial charge on any atom is 0.264 e. The summed E-state index contributed by atoms with van der Waals surface area (Å²) in [6.07, 6.45) is -2.91. The van der Waals surface area contributed by atoms with Gasteiger partial charge in [-0.2, -0.15) is 5.26 Å². The summed E-state index contributed by atoms with van der Waals surface area (Å²) >= 11 is 0. The van der Waals surface area contributed by atoms with E-state index in [2.05, 4.69) is 0 Å². The van der Waals surface area contributed by atoms with E-state index >= 15 is 0 Å².